The van der Waals surface area contributed by atoms with Gasteiger partial charge in [0.05, 0.1) is 0 Å². The van der Waals surface area contributed by atoms with Crippen LogP contribution in [0.25, 0.3) is 5.65 Å². The summed E-state index contributed by atoms with van der Waals surface area (Å²) in [5.41, 5.74) is 0.572. The van der Waals surface area contributed by atoms with Gasteiger partial charge in [0.25, 0.3) is 0 Å². The topological polar surface area (TPSA) is 67.5 Å². The molecule has 0 aromatic carbocycles. The van der Waals surface area contributed by atoms with Crippen LogP contribution in [0.1, 0.15) is 16.3 Å². The van der Waals surface area contributed by atoms with Crippen LogP contribution in [-0.2, 0) is 0 Å². The standard InChI is InChI=1S/C8H6BrN3O2.ClH/c1-4-10-3-2-5-11-6(8(13)14)7(9)12(4)5;/h2-3H,1H3,(H,13,14);1H. The Hall–Kier alpha value is -1.14. The molecule has 0 aliphatic carbocycles. The summed E-state index contributed by atoms with van der Waals surface area (Å²) in [6, 6.07) is 1.66. The van der Waals surface area contributed by atoms with Crippen LogP contribution < -0.4 is 0 Å². The average Bonchev–Trinajstić information content (AvgIpc) is 2.45. The van der Waals surface area contributed by atoms with E-state index >= 15 is 0 Å². The summed E-state index contributed by atoms with van der Waals surface area (Å²) >= 11 is 3.18. The highest BCUT2D eigenvalue weighted by molar-refractivity contribution is 9.10. The van der Waals surface area contributed by atoms with Crippen molar-refractivity contribution < 1.29 is 9.90 Å². The van der Waals surface area contributed by atoms with E-state index in [1.807, 2.05) is 0 Å². The molecule has 2 rings (SSSR count). The Morgan fingerprint density at radius 1 is 1.60 bits per heavy atom. The molecule has 0 amide bonds. The minimum Gasteiger partial charge on any atom is -0.476 e. The molecule has 2 heterocycles. The third-order valence-electron chi connectivity index (χ3n) is 1.86. The normalized spacial score (nSPS) is 10.0. The molecular formula is C8H7BrClN3O2. The van der Waals surface area contributed by atoms with Gasteiger partial charge in [-0.1, -0.05) is 0 Å². The lowest BCUT2D eigenvalue weighted by Gasteiger charge is -1.97. The van der Waals surface area contributed by atoms with E-state index in [1.165, 1.54) is 0 Å². The average molecular weight is 293 g/mol. The number of halogens is 2. The number of imidazole rings is 1. The Morgan fingerprint density at radius 2 is 2.27 bits per heavy atom. The van der Waals surface area contributed by atoms with E-state index in [9.17, 15) is 4.79 Å². The highest BCUT2D eigenvalue weighted by Gasteiger charge is 2.16. The first-order valence-corrected chi connectivity index (χ1v) is 4.63. The maximum atomic E-state index is 10.8. The molecule has 0 saturated heterocycles. The lowest BCUT2D eigenvalue weighted by molar-refractivity contribution is 0.0690. The molecule has 0 aliphatic rings. The SMILES string of the molecule is Cc1nccc2nc(C(=O)O)c(Br)n12.Cl. The number of rotatable bonds is 1. The van der Waals surface area contributed by atoms with Crippen molar-refractivity contribution in [3.63, 3.8) is 0 Å². The van der Waals surface area contributed by atoms with Crippen LogP contribution in [0.2, 0.25) is 0 Å². The predicted octanol–water partition coefficient (Wildman–Crippen LogP) is 1.92. The van der Waals surface area contributed by atoms with Crippen molar-refractivity contribution in [3.8, 4) is 0 Å². The third kappa shape index (κ3) is 1.82. The van der Waals surface area contributed by atoms with E-state index in [4.69, 9.17) is 5.11 Å². The van der Waals surface area contributed by atoms with Gasteiger partial charge in [-0.05, 0) is 28.9 Å². The number of carboxylic acids is 1. The van der Waals surface area contributed by atoms with Gasteiger partial charge in [-0.15, -0.1) is 12.4 Å². The van der Waals surface area contributed by atoms with Gasteiger partial charge in [-0.2, -0.15) is 0 Å². The Kier molecular flexibility index (Phi) is 3.31. The summed E-state index contributed by atoms with van der Waals surface area (Å²) in [4.78, 5) is 18.8. The van der Waals surface area contributed by atoms with Crippen molar-refractivity contribution in [1.29, 1.82) is 0 Å². The van der Waals surface area contributed by atoms with Gasteiger partial charge in [0.1, 0.15) is 16.1 Å². The lowest BCUT2D eigenvalue weighted by Crippen LogP contribution is -1.98. The number of aromatic nitrogens is 3. The zero-order valence-corrected chi connectivity index (χ0v) is 10.0. The second-order valence-electron chi connectivity index (χ2n) is 2.74. The molecule has 2 aromatic rings. The Bertz CT molecular complexity index is 526. The molecular weight excluding hydrogens is 285 g/mol. The zero-order chi connectivity index (χ0) is 10.3. The summed E-state index contributed by atoms with van der Waals surface area (Å²) in [5.74, 6) is -0.366. The molecule has 0 unspecified atom stereocenters. The smallest absolute Gasteiger partial charge is 0.357 e. The quantitative estimate of drug-likeness (QED) is 0.872. The molecule has 0 radical (unpaired) electrons. The minimum atomic E-state index is -1.06. The van der Waals surface area contributed by atoms with E-state index < -0.39 is 5.97 Å². The number of hydrogen-bond donors (Lipinski definition) is 1. The lowest BCUT2D eigenvalue weighted by atomic mass is 10.5. The first-order valence-electron chi connectivity index (χ1n) is 3.84. The zero-order valence-electron chi connectivity index (χ0n) is 7.64. The Morgan fingerprint density at radius 3 is 2.80 bits per heavy atom. The molecule has 0 aliphatic heterocycles. The second-order valence-corrected chi connectivity index (χ2v) is 3.49. The third-order valence-corrected chi connectivity index (χ3v) is 2.59. The van der Waals surface area contributed by atoms with Gasteiger partial charge in [-0.3, -0.25) is 4.40 Å². The van der Waals surface area contributed by atoms with Crippen LogP contribution in [0, 0.1) is 6.92 Å². The van der Waals surface area contributed by atoms with E-state index in [1.54, 1.807) is 23.6 Å². The first kappa shape index (κ1) is 11.9. The van der Waals surface area contributed by atoms with Gasteiger partial charge in [-0.25, -0.2) is 14.8 Å². The summed E-state index contributed by atoms with van der Waals surface area (Å²) in [6.07, 6.45) is 1.59. The molecule has 1 N–H and O–H groups in total. The number of aromatic carboxylic acids is 1. The summed E-state index contributed by atoms with van der Waals surface area (Å²) in [6.45, 7) is 1.78. The molecule has 7 heteroatoms. The number of carbonyl (C=O) groups is 1. The Balaban J connectivity index is 0.00000112. The molecule has 80 valence electrons. The fraction of sp³-hybridized carbons (Fsp3) is 0.125. The predicted molar refractivity (Wildman–Crippen MR) is 59.6 cm³/mol. The molecule has 0 bridgehead atoms. The molecule has 0 fully saturated rings. The fourth-order valence-electron chi connectivity index (χ4n) is 1.24. The number of fused-ring (bicyclic) bond motifs is 1. The van der Waals surface area contributed by atoms with E-state index in [2.05, 4.69) is 25.9 Å². The summed E-state index contributed by atoms with van der Waals surface area (Å²) in [7, 11) is 0. The van der Waals surface area contributed by atoms with E-state index in [0.29, 0.717) is 16.1 Å². The van der Waals surface area contributed by atoms with Gasteiger partial charge in [0.2, 0.25) is 0 Å². The van der Waals surface area contributed by atoms with Crippen molar-refractivity contribution in [3.05, 3.63) is 28.4 Å². The van der Waals surface area contributed by atoms with E-state index in [-0.39, 0.29) is 18.1 Å². The molecule has 0 atom stereocenters. The first-order chi connectivity index (χ1) is 6.61. The summed E-state index contributed by atoms with van der Waals surface area (Å²) in [5, 5.41) is 8.83. The number of hydrogen-bond acceptors (Lipinski definition) is 3. The minimum absolute atomic E-state index is 0. The number of carboxylic acid groups (broad SMARTS) is 1. The van der Waals surface area contributed by atoms with Gasteiger partial charge >= 0.3 is 5.97 Å². The molecule has 2 aromatic heterocycles. The largest absolute Gasteiger partial charge is 0.476 e. The van der Waals surface area contributed by atoms with Crippen molar-refractivity contribution in [2.45, 2.75) is 6.92 Å². The highest BCUT2D eigenvalue weighted by atomic mass is 79.9. The van der Waals surface area contributed by atoms with Gasteiger partial charge in [0, 0.05) is 6.20 Å². The van der Waals surface area contributed by atoms with Crippen molar-refractivity contribution >= 4 is 40.0 Å². The maximum Gasteiger partial charge on any atom is 0.357 e. The van der Waals surface area contributed by atoms with Crippen molar-refractivity contribution in [2.24, 2.45) is 0 Å². The van der Waals surface area contributed by atoms with Crippen LogP contribution in [0.4, 0.5) is 0 Å². The van der Waals surface area contributed by atoms with Crippen molar-refractivity contribution in [2.75, 3.05) is 0 Å². The molecule has 5 nitrogen and oxygen atoms in total. The molecule has 15 heavy (non-hydrogen) atoms. The molecule has 0 spiro atoms. The van der Waals surface area contributed by atoms with E-state index in [0.717, 1.165) is 0 Å². The van der Waals surface area contributed by atoms with Crippen molar-refractivity contribution in [1.82, 2.24) is 14.4 Å². The van der Waals surface area contributed by atoms with Crippen LogP contribution in [0.15, 0.2) is 16.9 Å². The van der Waals surface area contributed by atoms with Crippen LogP contribution in [0.3, 0.4) is 0 Å². The Labute approximate surface area is 99.7 Å². The maximum absolute atomic E-state index is 10.8. The molecule has 0 saturated carbocycles. The van der Waals surface area contributed by atoms with Crippen LogP contribution in [-0.4, -0.2) is 25.4 Å². The van der Waals surface area contributed by atoms with Gasteiger partial charge < -0.3 is 5.11 Å². The van der Waals surface area contributed by atoms with Gasteiger partial charge in [0.15, 0.2) is 5.69 Å². The second kappa shape index (κ2) is 4.16. The fourth-order valence-corrected chi connectivity index (χ4v) is 1.94. The number of nitrogens with zero attached hydrogens (tertiary/aromatic N) is 3. The summed E-state index contributed by atoms with van der Waals surface area (Å²) < 4.78 is 2.06. The van der Waals surface area contributed by atoms with Crippen LogP contribution in [0.5, 0.6) is 0 Å². The highest BCUT2D eigenvalue weighted by Crippen LogP contribution is 2.19. The number of aryl methyl sites for hydroxylation is 1. The van der Waals surface area contributed by atoms with Crippen LogP contribution >= 0.6 is 28.3 Å². The monoisotopic (exact) mass is 291 g/mol.